The lowest BCUT2D eigenvalue weighted by molar-refractivity contribution is 1.45. The fourth-order valence-corrected chi connectivity index (χ4v) is 6.47. The van der Waals surface area contributed by atoms with E-state index in [-0.39, 0.29) is 0 Å². The molecular weight excluding hydrogens is 464 g/mol. The van der Waals surface area contributed by atoms with Crippen LogP contribution in [-0.2, 0) is 0 Å². The van der Waals surface area contributed by atoms with Crippen molar-refractivity contribution in [1.29, 1.82) is 0 Å². The molecule has 0 atom stereocenters. The highest BCUT2D eigenvalue weighted by atomic mass is 32.1. The predicted molar refractivity (Wildman–Crippen MR) is 166 cm³/mol. The van der Waals surface area contributed by atoms with E-state index in [9.17, 15) is 0 Å². The third kappa shape index (κ3) is 3.76. The maximum Gasteiger partial charge on any atom is 0.0361 e. The Kier molecular flexibility index (Phi) is 5.71. The van der Waals surface area contributed by atoms with Gasteiger partial charge in [0.05, 0.1) is 0 Å². The van der Waals surface area contributed by atoms with Crippen LogP contribution >= 0.6 is 11.3 Å². The van der Waals surface area contributed by atoms with Crippen LogP contribution < -0.4 is 20.9 Å². The van der Waals surface area contributed by atoms with Crippen molar-refractivity contribution in [3.05, 3.63) is 143 Å². The zero-order chi connectivity index (χ0) is 25.5. The maximum absolute atomic E-state index is 4.46. The molecule has 0 N–H and O–H groups in total. The van der Waals surface area contributed by atoms with Gasteiger partial charge < -0.3 is 0 Å². The molecule has 6 aromatic rings. The minimum atomic E-state index is 0.916. The van der Waals surface area contributed by atoms with Gasteiger partial charge in [-0.1, -0.05) is 117 Å². The first-order valence-corrected chi connectivity index (χ1v) is 13.1. The third-order valence-electron chi connectivity index (χ3n) is 7.12. The monoisotopic (exact) mass is 490 g/mol. The van der Waals surface area contributed by atoms with E-state index in [1.54, 1.807) is 0 Å². The van der Waals surface area contributed by atoms with Crippen LogP contribution in [0.4, 0.5) is 0 Å². The zero-order valence-corrected chi connectivity index (χ0v) is 21.4. The quantitative estimate of drug-likeness (QED) is 0.248. The lowest BCUT2D eigenvalue weighted by Crippen LogP contribution is -2.47. The number of allylic oxidation sites excluding steroid dienone is 2. The van der Waals surface area contributed by atoms with Gasteiger partial charge in [-0.05, 0) is 72.1 Å². The highest BCUT2D eigenvalue weighted by Crippen LogP contribution is 2.36. The van der Waals surface area contributed by atoms with Gasteiger partial charge in [0, 0.05) is 20.2 Å². The van der Waals surface area contributed by atoms with Gasteiger partial charge in [0.2, 0.25) is 0 Å². The third-order valence-corrected chi connectivity index (χ3v) is 8.25. The van der Waals surface area contributed by atoms with Crippen molar-refractivity contribution in [2.24, 2.45) is 0 Å². The molecule has 1 heterocycles. The average molecular weight is 491 g/mol. The van der Waals surface area contributed by atoms with Crippen LogP contribution in [-0.4, -0.2) is 0 Å². The first kappa shape index (κ1) is 23.0. The molecule has 1 aromatic heterocycles. The van der Waals surface area contributed by atoms with Gasteiger partial charge in [-0.2, -0.15) is 0 Å². The average Bonchev–Trinajstić information content (AvgIpc) is 3.31. The van der Waals surface area contributed by atoms with Crippen molar-refractivity contribution < 1.29 is 0 Å². The van der Waals surface area contributed by atoms with Crippen molar-refractivity contribution in [3.63, 3.8) is 0 Å². The van der Waals surface area contributed by atoms with Crippen LogP contribution in [0.15, 0.2) is 116 Å². The van der Waals surface area contributed by atoms with E-state index >= 15 is 0 Å². The van der Waals surface area contributed by atoms with E-state index in [4.69, 9.17) is 0 Å². The second-order valence-corrected chi connectivity index (χ2v) is 10.3. The Bertz CT molecular complexity index is 2100. The number of thiophene rings is 1. The fraction of sp³-hybridized carbons (Fsp3) is 0. The molecule has 0 saturated heterocycles. The lowest BCUT2D eigenvalue weighted by Gasteiger charge is -2.10. The van der Waals surface area contributed by atoms with Gasteiger partial charge in [-0.3, -0.25) is 0 Å². The van der Waals surface area contributed by atoms with Gasteiger partial charge >= 0.3 is 0 Å². The molecule has 0 radical (unpaired) electrons. The summed E-state index contributed by atoms with van der Waals surface area (Å²) in [5, 5.41) is 8.88. The van der Waals surface area contributed by atoms with Crippen LogP contribution in [0.1, 0.15) is 5.56 Å². The van der Waals surface area contributed by atoms with E-state index in [0.717, 1.165) is 42.8 Å². The SMILES string of the molecule is C=C/C=c1\c(=C)c(=C)/c(=C(\C=C)c2cccc(-c3ccc4c(c3)sc3ccccc34)c2)c2ccccc12. The summed E-state index contributed by atoms with van der Waals surface area (Å²) in [5.41, 5.74) is 4.55. The van der Waals surface area contributed by atoms with E-state index in [2.05, 4.69) is 117 Å². The van der Waals surface area contributed by atoms with Crippen LogP contribution in [0.25, 0.3) is 66.9 Å². The molecule has 0 fully saturated rings. The molecule has 0 amide bonds. The maximum atomic E-state index is 4.46. The molecule has 0 aliphatic heterocycles. The van der Waals surface area contributed by atoms with Gasteiger partial charge in [0.1, 0.15) is 0 Å². The molecule has 176 valence electrons. The van der Waals surface area contributed by atoms with E-state index < -0.39 is 0 Å². The number of fused-ring (bicyclic) bond motifs is 4. The normalized spacial score (nSPS) is 12.8. The van der Waals surface area contributed by atoms with Crippen molar-refractivity contribution in [1.82, 2.24) is 0 Å². The summed E-state index contributed by atoms with van der Waals surface area (Å²) in [7, 11) is 0. The zero-order valence-electron chi connectivity index (χ0n) is 20.6. The molecule has 0 spiro atoms. The summed E-state index contributed by atoms with van der Waals surface area (Å²) in [6.07, 6.45) is 5.77. The topological polar surface area (TPSA) is 0 Å². The molecule has 0 aliphatic carbocycles. The Labute approximate surface area is 220 Å². The molecule has 37 heavy (non-hydrogen) atoms. The second kappa shape index (κ2) is 9.20. The minimum absolute atomic E-state index is 0.916. The van der Waals surface area contributed by atoms with E-state index in [0.29, 0.717) is 0 Å². The summed E-state index contributed by atoms with van der Waals surface area (Å²) in [6, 6.07) is 32.5. The minimum Gasteiger partial charge on any atom is -0.135 e. The highest BCUT2D eigenvalue weighted by Gasteiger charge is 2.10. The highest BCUT2D eigenvalue weighted by molar-refractivity contribution is 7.25. The second-order valence-electron chi connectivity index (χ2n) is 9.20. The smallest absolute Gasteiger partial charge is 0.0361 e. The molecule has 6 rings (SSSR count). The van der Waals surface area contributed by atoms with E-state index in [1.807, 2.05) is 29.6 Å². The summed E-state index contributed by atoms with van der Waals surface area (Å²) in [5.74, 6) is 0. The molecule has 0 aliphatic rings. The summed E-state index contributed by atoms with van der Waals surface area (Å²) in [6.45, 7) is 17.0. The van der Waals surface area contributed by atoms with E-state index in [1.165, 1.54) is 31.3 Å². The fourth-order valence-electron chi connectivity index (χ4n) is 5.33. The summed E-state index contributed by atoms with van der Waals surface area (Å²) < 4.78 is 2.63. The van der Waals surface area contributed by atoms with Gasteiger partial charge in [-0.25, -0.2) is 0 Å². The van der Waals surface area contributed by atoms with Crippen molar-refractivity contribution in [3.8, 4) is 11.1 Å². The largest absolute Gasteiger partial charge is 0.135 e. The van der Waals surface area contributed by atoms with Crippen molar-refractivity contribution in [2.45, 2.75) is 0 Å². The Balaban J connectivity index is 1.61. The summed E-state index contributed by atoms with van der Waals surface area (Å²) in [4.78, 5) is 0. The number of hydrogen-bond donors (Lipinski definition) is 0. The number of rotatable bonds is 4. The molecule has 0 bridgehead atoms. The van der Waals surface area contributed by atoms with Crippen LogP contribution in [0.2, 0.25) is 0 Å². The molecule has 0 nitrogen and oxygen atoms in total. The van der Waals surface area contributed by atoms with Crippen LogP contribution in [0.5, 0.6) is 0 Å². The van der Waals surface area contributed by atoms with Crippen molar-refractivity contribution >= 4 is 67.1 Å². The Morgan fingerprint density at radius 2 is 1.32 bits per heavy atom. The standard InChI is InChI=1S/C36H26S/c1-5-12-29-23(3)24(4)36(33-17-8-7-15-30(29)33)28(6-2)27-14-11-13-25(21-27)26-19-20-32-31-16-9-10-18-34(31)37-35(32)22-26/h5-22H,1-4H2/b29-12+,36-28-. The first-order valence-electron chi connectivity index (χ1n) is 12.3. The van der Waals surface area contributed by atoms with Gasteiger partial charge in [0.15, 0.2) is 0 Å². The Morgan fingerprint density at radius 3 is 2.11 bits per heavy atom. The lowest BCUT2D eigenvalue weighted by atomic mass is 9.93. The van der Waals surface area contributed by atoms with Gasteiger partial charge in [0.25, 0.3) is 0 Å². The molecular formula is C36H26S. The molecule has 1 heteroatoms. The first-order chi connectivity index (χ1) is 18.1. The number of benzene rings is 5. The molecule has 5 aromatic carbocycles. The van der Waals surface area contributed by atoms with Gasteiger partial charge in [-0.15, -0.1) is 11.3 Å². The summed E-state index contributed by atoms with van der Waals surface area (Å²) >= 11 is 1.85. The Morgan fingerprint density at radius 1 is 0.622 bits per heavy atom. The van der Waals surface area contributed by atoms with Crippen LogP contribution in [0.3, 0.4) is 0 Å². The molecule has 0 unspecified atom stereocenters. The predicted octanol–water partition coefficient (Wildman–Crippen LogP) is 7.05. The Hall–Kier alpha value is -4.46. The van der Waals surface area contributed by atoms with Crippen molar-refractivity contribution in [2.75, 3.05) is 0 Å². The van der Waals surface area contributed by atoms with Crippen LogP contribution in [0, 0.1) is 0 Å². The molecule has 0 saturated carbocycles. The number of hydrogen-bond acceptors (Lipinski definition) is 1.